The summed E-state index contributed by atoms with van der Waals surface area (Å²) in [5.74, 6) is 1.11. The van der Waals surface area contributed by atoms with Gasteiger partial charge >= 0.3 is 0 Å². The average Bonchev–Trinajstić information content (AvgIpc) is 2.72. The summed E-state index contributed by atoms with van der Waals surface area (Å²) >= 11 is 0. The van der Waals surface area contributed by atoms with Crippen LogP contribution in [0.2, 0.25) is 0 Å². The normalized spacial score (nSPS) is 27.4. The summed E-state index contributed by atoms with van der Waals surface area (Å²) in [6.07, 6.45) is 5.07. The van der Waals surface area contributed by atoms with Crippen LogP contribution >= 0.6 is 0 Å². The van der Waals surface area contributed by atoms with Crippen LogP contribution in [0.4, 0.5) is 0 Å². The molecule has 4 heteroatoms. The summed E-state index contributed by atoms with van der Waals surface area (Å²) in [5, 5.41) is 3.56. The van der Waals surface area contributed by atoms with E-state index in [1.807, 2.05) is 19.4 Å². The third-order valence-electron chi connectivity index (χ3n) is 3.36. The predicted octanol–water partition coefficient (Wildman–Crippen LogP) is 0.602. The fourth-order valence-corrected chi connectivity index (χ4v) is 2.14. The Morgan fingerprint density at radius 1 is 1.53 bits per heavy atom. The molecule has 1 aromatic rings. The van der Waals surface area contributed by atoms with Crippen molar-refractivity contribution in [3.63, 3.8) is 0 Å². The fourth-order valence-electron chi connectivity index (χ4n) is 2.14. The molecule has 0 radical (unpaired) electrons. The highest BCUT2D eigenvalue weighted by molar-refractivity contribution is 4.93. The molecule has 15 heavy (non-hydrogen) atoms. The van der Waals surface area contributed by atoms with Gasteiger partial charge in [-0.3, -0.25) is 0 Å². The number of hydrogen-bond donors (Lipinski definition) is 1. The molecule has 2 rings (SSSR count). The van der Waals surface area contributed by atoms with Crippen LogP contribution in [-0.2, 0) is 13.6 Å². The summed E-state index contributed by atoms with van der Waals surface area (Å²) in [6, 6.07) is 1.31. The Morgan fingerprint density at radius 3 is 2.87 bits per heavy atom. The molecule has 2 unspecified atom stereocenters. The Bertz CT molecular complexity index is 310. The zero-order valence-electron chi connectivity index (χ0n) is 9.77. The van der Waals surface area contributed by atoms with E-state index in [4.69, 9.17) is 0 Å². The number of hydrogen-bond acceptors (Lipinski definition) is 3. The van der Waals surface area contributed by atoms with Gasteiger partial charge in [0.2, 0.25) is 0 Å². The largest absolute Gasteiger partial charge is 0.337 e. The number of likely N-dealkylation sites (N-methyl/N-ethyl adjacent to an activating group) is 1. The van der Waals surface area contributed by atoms with Crippen molar-refractivity contribution in [3.05, 3.63) is 18.2 Å². The van der Waals surface area contributed by atoms with Crippen molar-refractivity contribution < 1.29 is 0 Å². The molecular weight excluding hydrogens is 188 g/mol. The van der Waals surface area contributed by atoms with E-state index in [-0.39, 0.29) is 0 Å². The Balaban J connectivity index is 1.82. The number of rotatable bonds is 3. The van der Waals surface area contributed by atoms with E-state index in [1.165, 1.54) is 6.42 Å². The van der Waals surface area contributed by atoms with Crippen molar-refractivity contribution in [1.82, 2.24) is 19.8 Å². The van der Waals surface area contributed by atoms with Crippen molar-refractivity contribution in [1.29, 1.82) is 0 Å². The second kappa shape index (κ2) is 4.33. The van der Waals surface area contributed by atoms with Gasteiger partial charge < -0.3 is 14.8 Å². The van der Waals surface area contributed by atoms with Crippen molar-refractivity contribution in [2.24, 2.45) is 7.05 Å². The Hall–Kier alpha value is -0.870. The zero-order valence-corrected chi connectivity index (χ0v) is 9.77. The van der Waals surface area contributed by atoms with E-state index in [9.17, 15) is 0 Å². The first-order valence-corrected chi connectivity index (χ1v) is 5.56. The molecule has 1 aliphatic rings. The van der Waals surface area contributed by atoms with Crippen LogP contribution in [0.25, 0.3) is 0 Å². The quantitative estimate of drug-likeness (QED) is 0.790. The first-order valence-electron chi connectivity index (χ1n) is 5.56. The molecule has 84 valence electrons. The van der Waals surface area contributed by atoms with Crippen LogP contribution in [0.5, 0.6) is 0 Å². The highest BCUT2D eigenvalue weighted by Crippen LogP contribution is 2.14. The molecule has 0 bridgehead atoms. The van der Waals surface area contributed by atoms with Gasteiger partial charge in [-0.2, -0.15) is 0 Å². The maximum atomic E-state index is 4.30. The van der Waals surface area contributed by atoms with Gasteiger partial charge in [0.1, 0.15) is 5.82 Å². The van der Waals surface area contributed by atoms with Gasteiger partial charge in [-0.05, 0) is 20.4 Å². The number of likely N-dealkylation sites (tertiary alicyclic amines) is 1. The third kappa shape index (κ3) is 2.38. The number of aryl methyl sites for hydroxylation is 1. The lowest BCUT2D eigenvalue weighted by molar-refractivity contribution is 0.326. The molecule has 0 aromatic carbocycles. The van der Waals surface area contributed by atoms with Crippen molar-refractivity contribution in [2.45, 2.75) is 32.0 Å². The van der Waals surface area contributed by atoms with Gasteiger partial charge in [-0.1, -0.05) is 0 Å². The Morgan fingerprint density at radius 2 is 2.33 bits per heavy atom. The topological polar surface area (TPSA) is 33.1 Å². The SMILES string of the molecule is CC1CC(NCc2nccn2C)CN1C. The van der Waals surface area contributed by atoms with Crippen LogP contribution < -0.4 is 5.32 Å². The van der Waals surface area contributed by atoms with Crippen molar-refractivity contribution >= 4 is 0 Å². The van der Waals surface area contributed by atoms with Crippen molar-refractivity contribution in [3.8, 4) is 0 Å². The van der Waals surface area contributed by atoms with Gasteiger partial charge in [-0.25, -0.2) is 4.98 Å². The number of imidazole rings is 1. The molecular formula is C11H20N4. The van der Waals surface area contributed by atoms with Crippen LogP contribution in [0.3, 0.4) is 0 Å². The minimum atomic E-state index is 0.613. The van der Waals surface area contributed by atoms with E-state index in [2.05, 4.69) is 33.7 Å². The molecule has 0 spiro atoms. The average molecular weight is 208 g/mol. The number of nitrogens with zero attached hydrogens (tertiary/aromatic N) is 3. The van der Waals surface area contributed by atoms with Gasteiger partial charge in [0.25, 0.3) is 0 Å². The lowest BCUT2D eigenvalue weighted by Crippen LogP contribution is -2.31. The van der Waals surface area contributed by atoms with Gasteiger partial charge in [-0.15, -0.1) is 0 Å². The van der Waals surface area contributed by atoms with Crippen LogP contribution in [-0.4, -0.2) is 40.1 Å². The maximum Gasteiger partial charge on any atom is 0.122 e. The monoisotopic (exact) mass is 208 g/mol. The van der Waals surface area contributed by atoms with Gasteiger partial charge in [0.15, 0.2) is 0 Å². The van der Waals surface area contributed by atoms with Gasteiger partial charge in [0.05, 0.1) is 6.54 Å². The fraction of sp³-hybridized carbons (Fsp3) is 0.727. The third-order valence-corrected chi connectivity index (χ3v) is 3.36. The van der Waals surface area contributed by atoms with E-state index in [1.54, 1.807) is 0 Å². The molecule has 0 amide bonds. The molecule has 1 saturated heterocycles. The molecule has 1 fully saturated rings. The summed E-state index contributed by atoms with van der Waals surface area (Å²) < 4.78 is 2.06. The van der Waals surface area contributed by atoms with Crippen LogP contribution in [0.15, 0.2) is 12.4 Å². The summed E-state index contributed by atoms with van der Waals surface area (Å²) in [6.45, 7) is 4.29. The summed E-state index contributed by atoms with van der Waals surface area (Å²) in [5.41, 5.74) is 0. The summed E-state index contributed by atoms with van der Waals surface area (Å²) in [7, 11) is 4.22. The molecule has 0 saturated carbocycles. The smallest absolute Gasteiger partial charge is 0.122 e. The molecule has 2 heterocycles. The maximum absolute atomic E-state index is 4.30. The lowest BCUT2D eigenvalue weighted by atomic mass is 10.2. The first kappa shape index (κ1) is 10.6. The minimum absolute atomic E-state index is 0.613. The summed E-state index contributed by atoms with van der Waals surface area (Å²) in [4.78, 5) is 6.70. The second-order valence-corrected chi connectivity index (χ2v) is 4.56. The first-order chi connectivity index (χ1) is 7.16. The number of aromatic nitrogens is 2. The molecule has 1 aliphatic heterocycles. The van der Waals surface area contributed by atoms with E-state index in [0.717, 1.165) is 18.9 Å². The Kier molecular flexibility index (Phi) is 3.07. The molecule has 4 nitrogen and oxygen atoms in total. The number of nitrogens with one attached hydrogen (secondary N) is 1. The molecule has 1 aromatic heterocycles. The van der Waals surface area contributed by atoms with Crippen LogP contribution in [0, 0.1) is 0 Å². The van der Waals surface area contributed by atoms with E-state index < -0.39 is 0 Å². The molecule has 2 atom stereocenters. The van der Waals surface area contributed by atoms with Crippen molar-refractivity contribution in [2.75, 3.05) is 13.6 Å². The molecule has 1 N–H and O–H groups in total. The Labute approximate surface area is 91.3 Å². The second-order valence-electron chi connectivity index (χ2n) is 4.56. The highest BCUT2D eigenvalue weighted by Gasteiger charge is 2.25. The van der Waals surface area contributed by atoms with Gasteiger partial charge in [0, 0.05) is 38.1 Å². The standard InChI is InChI=1S/C11H20N4/c1-9-6-10(8-15(9)3)13-7-11-12-4-5-14(11)2/h4-5,9-10,13H,6-8H2,1-3H3. The lowest BCUT2D eigenvalue weighted by Gasteiger charge is -2.13. The van der Waals surface area contributed by atoms with E-state index in [0.29, 0.717) is 12.1 Å². The van der Waals surface area contributed by atoms with E-state index >= 15 is 0 Å². The zero-order chi connectivity index (χ0) is 10.8. The minimum Gasteiger partial charge on any atom is -0.337 e. The predicted molar refractivity (Wildman–Crippen MR) is 60.5 cm³/mol. The van der Waals surface area contributed by atoms with Crippen LogP contribution in [0.1, 0.15) is 19.2 Å². The molecule has 0 aliphatic carbocycles. The highest BCUT2D eigenvalue weighted by atomic mass is 15.2.